The Bertz CT molecular complexity index is 357. The molecule has 0 aliphatic carbocycles. The number of aliphatic hydroxyl groups excluding tert-OH is 1. The van der Waals surface area contributed by atoms with Gasteiger partial charge in [-0.05, 0) is 37.8 Å². The van der Waals surface area contributed by atoms with Gasteiger partial charge in [-0.25, -0.2) is 4.79 Å². The summed E-state index contributed by atoms with van der Waals surface area (Å²) in [6.45, 7) is 2.38. The summed E-state index contributed by atoms with van der Waals surface area (Å²) in [5.74, 6) is -0.371. The maximum absolute atomic E-state index is 11.8. The van der Waals surface area contributed by atoms with Crippen molar-refractivity contribution in [3.63, 3.8) is 0 Å². The average molecular weight is 237 g/mol. The first-order valence-electron chi connectivity index (χ1n) is 5.80. The fourth-order valence-electron chi connectivity index (χ4n) is 1.60. The molecule has 94 valence electrons. The largest absolute Gasteiger partial charge is 0.462 e. The number of carbonyl (C=O) groups excluding carboxylic acids is 1. The number of carbonyl (C=O) groups is 1. The molecule has 0 heterocycles. The van der Waals surface area contributed by atoms with Crippen molar-refractivity contribution in [2.24, 2.45) is 0 Å². The van der Waals surface area contributed by atoms with Gasteiger partial charge >= 0.3 is 5.97 Å². The van der Waals surface area contributed by atoms with E-state index in [2.05, 4.69) is 0 Å². The van der Waals surface area contributed by atoms with Crippen LogP contribution in [0.2, 0.25) is 0 Å². The van der Waals surface area contributed by atoms with Crippen molar-refractivity contribution >= 4 is 11.7 Å². The highest BCUT2D eigenvalue weighted by molar-refractivity contribution is 5.96. The third-order valence-electron chi connectivity index (χ3n) is 2.54. The zero-order chi connectivity index (χ0) is 12.7. The van der Waals surface area contributed by atoms with Crippen molar-refractivity contribution in [2.75, 3.05) is 18.9 Å². The van der Waals surface area contributed by atoms with E-state index >= 15 is 0 Å². The fourth-order valence-corrected chi connectivity index (χ4v) is 1.60. The van der Waals surface area contributed by atoms with Gasteiger partial charge in [0.1, 0.15) is 0 Å². The molecule has 1 rings (SSSR count). The van der Waals surface area contributed by atoms with E-state index in [9.17, 15) is 4.79 Å². The average Bonchev–Trinajstić information content (AvgIpc) is 2.28. The number of benzene rings is 1. The number of hydrogen-bond acceptors (Lipinski definition) is 4. The first kappa shape index (κ1) is 13.5. The third-order valence-corrected chi connectivity index (χ3v) is 2.54. The van der Waals surface area contributed by atoms with Crippen molar-refractivity contribution in [3.8, 4) is 0 Å². The van der Waals surface area contributed by atoms with E-state index in [0.717, 1.165) is 24.8 Å². The Hall–Kier alpha value is -1.55. The highest BCUT2D eigenvalue weighted by Crippen LogP contribution is 2.17. The highest BCUT2D eigenvalue weighted by atomic mass is 16.5. The number of rotatable bonds is 6. The Balaban J connectivity index is 2.47. The van der Waals surface area contributed by atoms with Crippen LogP contribution in [0.5, 0.6) is 0 Å². The normalized spacial score (nSPS) is 10.2. The molecule has 0 aromatic heterocycles. The standard InChI is InChI=1S/C13H19NO3/c1-10-6-5-7-11(14)12(10)13(16)17-9-4-2-3-8-15/h5-7,15H,2-4,8-9,14H2,1H3. The predicted molar refractivity (Wildman–Crippen MR) is 66.8 cm³/mol. The quantitative estimate of drug-likeness (QED) is 0.450. The minimum Gasteiger partial charge on any atom is -0.462 e. The van der Waals surface area contributed by atoms with Gasteiger partial charge in [0.2, 0.25) is 0 Å². The Kier molecular flexibility index (Phi) is 5.49. The van der Waals surface area contributed by atoms with Crippen LogP contribution in [-0.2, 0) is 4.74 Å². The molecule has 0 saturated carbocycles. The molecule has 0 unspecified atom stereocenters. The maximum Gasteiger partial charge on any atom is 0.340 e. The first-order chi connectivity index (χ1) is 8.16. The smallest absolute Gasteiger partial charge is 0.340 e. The van der Waals surface area contributed by atoms with Crippen LogP contribution in [0.3, 0.4) is 0 Å². The van der Waals surface area contributed by atoms with Crippen LogP contribution in [-0.4, -0.2) is 24.3 Å². The number of ether oxygens (including phenoxy) is 1. The number of esters is 1. The number of hydrogen-bond donors (Lipinski definition) is 2. The Morgan fingerprint density at radius 3 is 2.76 bits per heavy atom. The summed E-state index contributed by atoms with van der Waals surface area (Å²) in [6.07, 6.45) is 2.36. The molecule has 0 amide bonds. The minimum atomic E-state index is -0.371. The lowest BCUT2D eigenvalue weighted by atomic mass is 10.1. The number of anilines is 1. The SMILES string of the molecule is Cc1cccc(N)c1C(=O)OCCCCCO. The molecule has 0 aliphatic heterocycles. The molecule has 3 N–H and O–H groups in total. The predicted octanol–water partition coefficient (Wildman–Crippen LogP) is 1.90. The summed E-state index contributed by atoms with van der Waals surface area (Å²) in [5, 5.41) is 8.60. The van der Waals surface area contributed by atoms with E-state index < -0.39 is 0 Å². The van der Waals surface area contributed by atoms with Crippen molar-refractivity contribution in [3.05, 3.63) is 29.3 Å². The number of nitrogens with two attached hydrogens (primary N) is 1. The van der Waals surface area contributed by atoms with Gasteiger partial charge in [0.05, 0.1) is 12.2 Å². The number of unbranched alkanes of at least 4 members (excludes halogenated alkanes) is 2. The zero-order valence-electron chi connectivity index (χ0n) is 10.1. The summed E-state index contributed by atoms with van der Waals surface area (Å²) in [5.41, 5.74) is 7.47. The molecule has 4 heteroatoms. The van der Waals surface area contributed by atoms with Gasteiger partial charge < -0.3 is 15.6 Å². The lowest BCUT2D eigenvalue weighted by Crippen LogP contribution is -2.11. The molecular weight excluding hydrogens is 218 g/mol. The van der Waals surface area contributed by atoms with Crippen LogP contribution in [0.15, 0.2) is 18.2 Å². The molecule has 0 spiro atoms. The molecule has 0 saturated heterocycles. The van der Waals surface area contributed by atoms with E-state index in [1.165, 1.54) is 0 Å². The van der Waals surface area contributed by atoms with Crippen LogP contribution in [0, 0.1) is 6.92 Å². The lowest BCUT2D eigenvalue weighted by molar-refractivity contribution is 0.0497. The van der Waals surface area contributed by atoms with Crippen LogP contribution in [0.1, 0.15) is 35.2 Å². The van der Waals surface area contributed by atoms with Crippen molar-refractivity contribution < 1.29 is 14.6 Å². The van der Waals surface area contributed by atoms with Crippen molar-refractivity contribution in [2.45, 2.75) is 26.2 Å². The molecule has 0 fully saturated rings. The van der Waals surface area contributed by atoms with Gasteiger partial charge in [-0.1, -0.05) is 12.1 Å². The molecule has 0 radical (unpaired) electrons. The number of aliphatic hydroxyl groups is 1. The van der Waals surface area contributed by atoms with Crippen molar-refractivity contribution in [1.29, 1.82) is 0 Å². The molecule has 4 nitrogen and oxygen atoms in total. The summed E-state index contributed by atoms with van der Waals surface area (Å²) >= 11 is 0. The Morgan fingerprint density at radius 2 is 2.12 bits per heavy atom. The van der Waals surface area contributed by atoms with Crippen LogP contribution in [0.25, 0.3) is 0 Å². The van der Waals surface area contributed by atoms with Crippen LogP contribution < -0.4 is 5.73 Å². The summed E-state index contributed by atoms with van der Waals surface area (Å²) in [7, 11) is 0. The van der Waals surface area contributed by atoms with E-state index in [0.29, 0.717) is 17.9 Å². The van der Waals surface area contributed by atoms with Gasteiger partial charge in [0.25, 0.3) is 0 Å². The fraction of sp³-hybridized carbons (Fsp3) is 0.462. The lowest BCUT2D eigenvalue weighted by Gasteiger charge is -2.09. The second-order valence-electron chi connectivity index (χ2n) is 3.96. The minimum absolute atomic E-state index is 0.179. The van der Waals surface area contributed by atoms with E-state index in [-0.39, 0.29) is 12.6 Å². The Labute approximate surface area is 101 Å². The number of nitrogen functional groups attached to an aromatic ring is 1. The Morgan fingerprint density at radius 1 is 1.35 bits per heavy atom. The van der Waals surface area contributed by atoms with Crippen LogP contribution in [0.4, 0.5) is 5.69 Å². The van der Waals surface area contributed by atoms with Gasteiger partial charge in [0.15, 0.2) is 0 Å². The molecule has 0 bridgehead atoms. The van der Waals surface area contributed by atoms with E-state index in [1.807, 2.05) is 19.1 Å². The molecular formula is C13H19NO3. The second kappa shape index (κ2) is 6.91. The highest BCUT2D eigenvalue weighted by Gasteiger charge is 2.13. The van der Waals surface area contributed by atoms with Gasteiger partial charge in [-0.15, -0.1) is 0 Å². The molecule has 0 aliphatic rings. The zero-order valence-corrected chi connectivity index (χ0v) is 10.1. The van der Waals surface area contributed by atoms with E-state index in [1.54, 1.807) is 6.07 Å². The van der Waals surface area contributed by atoms with E-state index in [4.69, 9.17) is 15.6 Å². The first-order valence-corrected chi connectivity index (χ1v) is 5.80. The second-order valence-corrected chi connectivity index (χ2v) is 3.96. The molecule has 1 aromatic carbocycles. The molecule has 1 aromatic rings. The van der Waals surface area contributed by atoms with Crippen molar-refractivity contribution in [1.82, 2.24) is 0 Å². The summed E-state index contributed by atoms with van der Waals surface area (Å²) in [4.78, 5) is 11.8. The topological polar surface area (TPSA) is 72.6 Å². The maximum atomic E-state index is 11.8. The third kappa shape index (κ3) is 4.07. The van der Waals surface area contributed by atoms with Gasteiger partial charge in [-0.2, -0.15) is 0 Å². The van der Waals surface area contributed by atoms with Gasteiger partial charge in [-0.3, -0.25) is 0 Å². The number of aryl methyl sites for hydroxylation is 1. The van der Waals surface area contributed by atoms with Gasteiger partial charge in [0, 0.05) is 12.3 Å². The summed E-state index contributed by atoms with van der Waals surface area (Å²) < 4.78 is 5.14. The molecule has 17 heavy (non-hydrogen) atoms. The summed E-state index contributed by atoms with van der Waals surface area (Å²) in [6, 6.07) is 5.33. The monoisotopic (exact) mass is 237 g/mol. The van der Waals surface area contributed by atoms with Crippen LogP contribution >= 0.6 is 0 Å². The molecule has 0 atom stereocenters.